The fourth-order valence-electron chi connectivity index (χ4n) is 2.33. The van der Waals surface area contributed by atoms with Crippen LogP contribution < -0.4 is 10.1 Å². The van der Waals surface area contributed by atoms with Gasteiger partial charge in [0.1, 0.15) is 11.6 Å². The van der Waals surface area contributed by atoms with Crippen LogP contribution in [0.5, 0.6) is 5.75 Å². The van der Waals surface area contributed by atoms with Crippen molar-refractivity contribution in [1.29, 1.82) is 0 Å². The number of anilines is 1. The van der Waals surface area contributed by atoms with E-state index >= 15 is 0 Å². The number of nitrogens with one attached hydrogen (secondary N) is 1. The van der Waals surface area contributed by atoms with E-state index in [-0.39, 0.29) is 24.1 Å². The molecule has 1 heterocycles. The third-order valence-corrected chi connectivity index (χ3v) is 4.52. The van der Waals surface area contributed by atoms with Crippen LogP contribution in [0.1, 0.15) is 23.7 Å². The minimum atomic E-state index is -0.344. The summed E-state index contributed by atoms with van der Waals surface area (Å²) in [6, 6.07) is 12.7. The Morgan fingerprint density at radius 3 is 2.48 bits per heavy atom. The number of carbonyl (C=O) groups excluding carboxylic acids is 2. The topological polar surface area (TPSA) is 68.3 Å². The Bertz CT molecular complexity index is 937. The van der Waals surface area contributed by atoms with Gasteiger partial charge in [-0.2, -0.15) is 0 Å². The van der Waals surface area contributed by atoms with E-state index in [9.17, 15) is 14.0 Å². The fraction of sp³-hybridized carbons (Fsp3) is 0.150. The molecule has 3 aromatic rings. The van der Waals surface area contributed by atoms with Crippen LogP contribution in [-0.4, -0.2) is 23.3 Å². The Hall–Kier alpha value is -3.06. The summed E-state index contributed by atoms with van der Waals surface area (Å²) >= 11 is 1.28. The average Bonchev–Trinajstić information content (AvgIpc) is 3.15. The number of amides is 1. The number of rotatable bonds is 7. The Kier molecular flexibility index (Phi) is 5.93. The molecule has 0 aliphatic rings. The number of ketones is 1. The lowest BCUT2D eigenvalue weighted by atomic mass is 10.1. The molecule has 0 atom stereocenters. The maximum Gasteiger partial charge on any atom is 0.264 e. The lowest BCUT2D eigenvalue weighted by molar-refractivity contribution is -0.118. The van der Waals surface area contributed by atoms with Crippen molar-refractivity contribution in [3.8, 4) is 17.0 Å². The lowest BCUT2D eigenvalue weighted by Gasteiger charge is -2.06. The van der Waals surface area contributed by atoms with Gasteiger partial charge in [0.05, 0.1) is 5.69 Å². The monoisotopic (exact) mass is 384 g/mol. The largest absolute Gasteiger partial charge is 0.484 e. The van der Waals surface area contributed by atoms with Crippen LogP contribution in [0.4, 0.5) is 9.52 Å². The fourth-order valence-corrected chi connectivity index (χ4v) is 3.07. The number of halogens is 1. The highest BCUT2D eigenvalue weighted by atomic mass is 32.1. The second-order valence-electron chi connectivity index (χ2n) is 5.68. The Balaban J connectivity index is 1.54. The molecule has 27 heavy (non-hydrogen) atoms. The summed E-state index contributed by atoms with van der Waals surface area (Å²) < 4.78 is 18.4. The molecule has 0 aliphatic heterocycles. The first-order valence-corrected chi connectivity index (χ1v) is 9.20. The summed E-state index contributed by atoms with van der Waals surface area (Å²) in [5.41, 5.74) is 2.05. The molecule has 0 spiro atoms. The van der Waals surface area contributed by atoms with E-state index in [1.807, 2.05) is 0 Å². The molecular formula is C20H17FN2O3S. The summed E-state index contributed by atoms with van der Waals surface area (Å²) in [6.45, 7) is 1.63. The second-order valence-corrected chi connectivity index (χ2v) is 6.54. The van der Waals surface area contributed by atoms with E-state index in [1.165, 1.54) is 23.5 Å². The van der Waals surface area contributed by atoms with E-state index in [0.29, 0.717) is 28.6 Å². The number of hydrogen-bond donors (Lipinski definition) is 1. The zero-order valence-corrected chi connectivity index (χ0v) is 15.4. The molecule has 0 fully saturated rings. The van der Waals surface area contributed by atoms with Gasteiger partial charge in [0.15, 0.2) is 17.5 Å². The number of benzene rings is 2. The van der Waals surface area contributed by atoms with Gasteiger partial charge in [-0.05, 0) is 48.5 Å². The molecule has 5 nitrogen and oxygen atoms in total. The van der Waals surface area contributed by atoms with Crippen molar-refractivity contribution in [2.45, 2.75) is 13.3 Å². The van der Waals surface area contributed by atoms with Gasteiger partial charge in [0, 0.05) is 22.9 Å². The van der Waals surface area contributed by atoms with Gasteiger partial charge in [-0.15, -0.1) is 11.3 Å². The van der Waals surface area contributed by atoms with Gasteiger partial charge >= 0.3 is 0 Å². The average molecular weight is 384 g/mol. The number of thiazole rings is 1. The van der Waals surface area contributed by atoms with Gasteiger partial charge in [0.25, 0.3) is 5.91 Å². The molecular weight excluding hydrogens is 367 g/mol. The van der Waals surface area contributed by atoms with Crippen molar-refractivity contribution < 1.29 is 18.7 Å². The van der Waals surface area contributed by atoms with Crippen LogP contribution in [0, 0.1) is 5.82 Å². The van der Waals surface area contributed by atoms with Gasteiger partial charge in [-0.25, -0.2) is 9.37 Å². The first-order chi connectivity index (χ1) is 13.0. The molecule has 0 saturated heterocycles. The van der Waals surface area contributed by atoms with Crippen molar-refractivity contribution >= 4 is 28.2 Å². The van der Waals surface area contributed by atoms with E-state index in [4.69, 9.17) is 4.74 Å². The highest BCUT2D eigenvalue weighted by Crippen LogP contribution is 2.25. The minimum Gasteiger partial charge on any atom is -0.484 e. The number of carbonyl (C=O) groups is 2. The SMILES string of the molecule is CCC(=O)c1ccc(OCC(=O)Nc2nc(-c3ccc(F)cc3)cs2)cc1. The van der Waals surface area contributed by atoms with Crippen LogP contribution in [0.25, 0.3) is 11.3 Å². The Morgan fingerprint density at radius 1 is 1.11 bits per heavy atom. The third-order valence-electron chi connectivity index (χ3n) is 3.76. The van der Waals surface area contributed by atoms with Crippen molar-refractivity contribution in [2.24, 2.45) is 0 Å². The number of hydrogen-bond acceptors (Lipinski definition) is 5. The summed E-state index contributed by atoms with van der Waals surface area (Å²) in [5, 5.41) is 4.89. The predicted molar refractivity (Wildman–Crippen MR) is 103 cm³/mol. The number of nitrogens with zero attached hydrogens (tertiary/aromatic N) is 1. The standard InChI is InChI=1S/C20H17FN2O3S/c1-2-18(24)14-5-9-16(10-6-14)26-11-19(25)23-20-22-17(12-27-20)13-3-7-15(21)8-4-13/h3-10,12H,2,11H2,1H3,(H,22,23,25). The lowest BCUT2D eigenvalue weighted by Crippen LogP contribution is -2.20. The molecule has 1 amide bonds. The van der Waals surface area contributed by atoms with Gasteiger partial charge in [-0.1, -0.05) is 6.92 Å². The quantitative estimate of drug-likeness (QED) is 0.607. The molecule has 7 heteroatoms. The minimum absolute atomic E-state index is 0.0556. The summed E-state index contributed by atoms with van der Waals surface area (Å²) in [5.74, 6) is -0.0978. The van der Waals surface area contributed by atoms with E-state index in [1.54, 1.807) is 48.7 Å². The van der Waals surface area contributed by atoms with Crippen molar-refractivity contribution in [1.82, 2.24) is 4.98 Å². The van der Waals surface area contributed by atoms with E-state index in [0.717, 1.165) is 5.56 Å². The van der Waals surface area contributed by atoms with E-state index < -0.39 is 0 Å². The summed E-state index contributed by atoms with van der Waals surface area (Å²) in [7, 11) is 0. The normalized spacial score (nSPS) is 10.4. The third kappa shape index (κ3) is 4.98. The highest BCUT2D eigenvalue weighted by molar-refractivity contribution is 7.14. The van der Waals surface area contributed by atoms with Gasteiger partial charge in [-0.3, -0.25) is 14.9 Å². The highest BCUT2D eigenvalue weighted by Gasteiger charge is 2.09. The van der Waals surface area contributed by atoms with Gasteiger partial charge < -0.3 is 4.74 Å². The predicted octanol–water partition coefficient (Wildman–Crippen LogP) is 4.56. The first-order valence-electron chi connectivity index (χ1n) is 8.32. The van der Waals surface area contributed by atoms with Crippen LogP contribution >= 0.6 is 11.3 Å². The van der Waals surface area contributed by atoms with Gasteiger partial charge in [0.2, 0.25) is 0 Å². The first kappa shape index (κ1) is 18.7. The molecule has 0 radical (unpaired) electrons. The summed E-state index contributed by atoms with van der Waals surface area (Å²) in [6.07, 6.45) is 0.441. The molecule has 1 aromatic heterocycles. The molecule has 0 saturated carbocycles. The molecule has 0 aliphatic carbocycles. The number of ether oxygens (including phenoxy) is 1. The van der Waals surface area contributed by atoms with Crippen LogP contribution in [-0.2, 0) is 4.79 Å². The molecule has 3 rings (SSSR count). The molecule has 0 bridgehead atoms. The van der Waals surface area contributed by atoms with Crippen molar-refractivity contribution in [3.63, 3.8) is 0 Å². The van der Waals surface area contributed by atoms with Crippen LogP contribution in [0.2, 0.25) is 0 Å². The maximum atomic E-state index is 13.0. The molecule has 2 aromatic carbocycles. The molecule has 1 N–H and O–H groups in total. The maximum absolute atomic E-state index is 13.0. The zero-order valence-electron chi connectivity index (χ0n) is 14.6. The number of Topliss-reactive ketones (excluding diaryl/α,β-unsaturated/α-hetero) is 1. The summed E-state index contributed by atoms with van der Waals surface area (Å²) in [4.78, 5) is 27.9. The smallest absolute Gasteiger partial charge is 0.264 e. The van der Waals surface area contributed by atoms with Crippen molar-refractivity contribution in [2.75, 3.05) is 11.9 Å². The molecule has 138 valence electrons. The molecule has 0 unspecified atom stereocenters. The Morgan fingerprint density at radius 2 is 1.81 bits per heavy atom. The van der Waals surface area contributed by atoms with Crippen LogP contribution in [0.3, 0.4) is 0 Å². The van der Waals surface area contributed by atoms with Crippen molar-refractivity contribution in [3.05, 3.63) is 65.3 Å². The second kappa shape index (κ2) is 8.55. The number of aromatic nitrogens is 1. The Labute approximate surface area is 159 Å². The zero-order chi connectivity index (χ0) is 19.2. The van der Waals surface area contributed by atoms with Crippen LogP contribution in [0.15, 0.2) is 53.9 Å². The van der Waals surface area contributed by atoms with E-state index in [2.05, 4.69) is 10.3 Å².